The SMILES string of the molecule is CC(C)(C)N1CCC(n2cc([C@@H](Cc3cc(Cl)c4ncc(C#N)c(Nc5ccc(F)c(Cl)c5)c4c3)c3cccc(C=O)c3)nn2)CC1. The van der Waals surface area contributed by atoms with Gasteiger partial charge in [0.25, 0.3) is 0 Å². The van der Waals surface area contributed by atoms with Crippen LogP contribution in [0.3, 0.4) is 0 Å². The van der Waals surface area contributed by atoms with E-state index in [-0.39, 0.29) is 22.5 Å². The fourth-order valence-electron chi connectivity index (χ4n) is 6.28. The number of aldehydes is 1. The summed E-state index contributed by atoms with van der Waals surface area (Å²) in [4.78, 5) is 18.7. The summed E-state index contributed by atoms with van der Waals surface area (Å²) in [5, 5.41) is 23.4. The molecule has 11 heteroatoms. The van der Waals surface area contributed by atoms with Crippen molar-refractivity contribution in [3.63, 3.8) is 0 Å². The highest BCUT2D eigenvalue weighted by atomic mass is 35.5. The summed E-state index contributed by atoms with van der Waals surface area (Å²) in [5.74, 6) is -0.786. The van der Waals surface area contributed by atoms with E-state index in [1.165, 1.54) is 18.3 Å². The van der Waals surface area contributed by atoms with Crippen molar-refractivity contribution in [2.45, 2.75) is 57.5 Å². The number of benzene rings is 3. The van der Waals surface area contributed by atoms with Crippen LogP contribution in [-0.2, 0) is 6.42 Å². The fraction of sp³-hybridized carbons (Fsp3) is 0.306. The van der Waals surface area contributed by atoms with Crippen LogP contribution < -0.4 is 5.32 Å². The van der Waals surface area contributed by atoms with Crippen molar-refractivity contribution in [2.75, 3.05) is 18.4 Å². The summed E-state index contributed by atoms with van der Waals surface area (Å²) in [6.45, 7) is 8.71. The number of pyridine rings is 1. The van der Waals surface area contributed by atoms with E-state index in [2.05, 4.69) is 52.4 Å². The van der Waals surface area contributed by atoms with Crippen molar-refractivity contribution in [3.05, 3.63) is 111 Å². The van der Waals surface area contributed by atoms with Crippen LogP contribution in [-0.4, -0.2) is 49.8 Å². The van der Waals surface area contributed by atoms with Gasteiger partial charge in [-0.15, -0.1) is 5.10 Å². The summed E-state index contributed by atoms with van der Waals surface area (Å²) in [7, 11) is 0. The summed E-state index contributed by atoms with van der Waals surface area (Å²) in [6, 6.07) is 18.0. The van der Waals surface area contributed by atoms with Crippen molar-refractivity contribution in [1.82, 2.24) is 24.9 Å². The van der Waals surface area contributed by atoms with Gasteiger partial charge in [-0.3, -0.25) is 14.7 Å². The van der Waals surface area contributed by atoms with Gasteiger partial charge in [0.15, 0.2) is 0 Å². The average molecular weight is 671 g/mol. The number of carbonyl (C=O) groups excluding carboxylic acids is 1. The number of hydrogen-bond donors (Lipinski definition) is 1. The minimum atomic E-state index is -0.542. The molecule has 0 aliphatic carbocycles. The molecule has 0 bridgehead atoms. The fourth-order valence-corrected chi connectivity index (χ4v) is 6.75. The second-order valence-electron chi connectivity index (χ2n) is 12.9. The van der Waals surface area contributed by atoms with Gasteiger partial charge in [-0.05, 0) is 87.6 Å². The molecule has 1 atom stereocenters. The lowest BCUT2D eigenvalue weighted by Gasteiger charge is -2.40. The Morgan fingerprint density at radius 1 is 1.11 bits per heavy atom. The van der Waals surface area contributed by atoms with Gasteiger partial charge in [-0.2, -0.15) is 5.26 Å². The van der Waals surface area contributed by atoms with Gasteiger partial charge in [0.1, 0.15) is 18.2 Å². The van der Waals surface area contributed by atoms with E-state index in [9.17, 15) is 14.4 Å². The van der Waals surface area contributed by atoms with Gasteiger partial charge >= 0.3 is 0 Å². The minimum Gasteiger partial charge on any atom is -0.354 e. The smallest absolute Gasteiger partial charge is 0.150 e. The van der Waals surface area contributed by atoms with Crippen molar-refractivity contribution in [2.24, 2.45) is 0 Å². The highest BCUT2D eigenvalue weighted by Gasteiger charge is 2.29. The molecule has 0 radical (unpaired) electrons. The zero-order chi connectivity index (χ0) is 33.3. The Hall–Kier alpha value is -4.36. The van der Waals surface area contributed by atoms with Crippen LogP contribution in [0.4, 0.5) is 15.8 Å². The third-order valence-electron chi connectivity index (χ3n) is 8.86. The Morgan fingerprint density at radius 2 is 1.89 bits per heavy atom. The monoisotopic (exact) mass is 669 g/mol. The molecule has 1 N–H and O–H groups in total. The van der Waals surface area contributed by atoms with Gasteiger partial charge in [0.2, 0.25) is 0 Å². The van der Waals surface area contributed by atoms with E-state index in [0.29, 0.717) is 44.8 Å². The quantitative estimate of drug-likeness (QED) is 0.165. The molecule has 1 saturated heterocycles. The van der Waals surface area contributed by atoms with Gasteiger partial charge in [-0.25, -0.2) is 9.07 Å². The van der Waals surface area contributed by atoms with Crippen LogP contribution in [0, 0.1) is 17.1 Å². The Kier molecular flexibility index (Phi) is 9.29. The molecule has 0 amide bonds. The molecule has 3 aromatic carbocycles. The number of piperidine rings is 1. The lowest BCUT2D eigenvalue weighted by molar-refractivity contribution is 0.0866. The molecule has 0 saturated carbocycles. The van der Waals surface area contributed by atoms with Crippen molar-refractivity contribution >= 4 is 51.8 Å². The lowest BCUT2D eigenvalue weighted by atomic mass is 9.88. The van der Waals surface area contributed by atoms with E-state index in [4.69, 9.17) is 23.2 Å². The maximum atomic E-state index is 13.9. The summed E-state index contributed by atoms with van der Waals surface area (Å²) in [6.07, 6.45) is 6.77. The largest absolute Gasteiger partial charge is 0.354 e. The first kappa shape index (κ1) is 32.6. The Balaban J connectivity index is 1.38. The summed E-state index contributed by atoms with van der Waals surface area (Å²) < 4.78 is 15.9. The molecule has 6 rings (SSSR count). The molecule has 5 aromatic rings. The second-order valence-corrected chi connectivity index (χ2v) is 13.8. The Morgan fingerprint density at radius 3 is 2.60 bits per heavy atom. The molecular formula is C36H34Cl2FN7O. The molecule has 8 nitrogen and oxygen atoms in total. The number of halogens is 3. The number of nitrogens with zero attached hydrogens (tertiary/aromatic N) is 6. The van der Waals surface area contributed by atoms with E-state index >= 15 is 0 Å². The number of aromatic nitrogens is 4. The van der Waals surface area contributed by atoms with Crippen LogP contribution in [0.1, 0.15) is 78.3 Å². The molecule has 0 spiro atoms. The molecule has 47 heavy (non-hydrogen) atoms. The summed E-state index contributed by atoms with van der Waals surface area (Å²) in [5.41, 5.74) is 5.06. The van der Waals surface area contributed by atoms with Gasteiger partial charge in [-0.1, -0.05) is 46.6 Å². The van der Waals surface area contributed by atoms with Crippen LogP contribution in [0.25, 0.3) is 10.9 Å². The number of nitrogens with one attached hydrogen (secondary N) is 1. The maximum Gasteiger partial charge on any atom is 0.150 e. The molecule has 1 aliphatic heterocycles. The van der Waals surface area contributed by atoms with Crippen LogP contribution in [0.5, 0.6) is 0 Å². The van der Waals surface area contributed by atoms with Crippen LogP contribution >= 0.6 is 23.2 Å². The Bertz CT molecular complexity index is 1990. The van der Waals surface area contributed by atoms with E-state index in [0.717, 1.165) is 49.0 Å². The van der Waals surface area contributed by atoms with Crippen molar-refractivity contribution < 1.29 is 9.18 Å². The number of rotatable bonds is 8. The third-order valence-corrected chi connectivity index (χ3v) is 9.43. The first-order valence-corrected chi connectivity index (χ1v) is 16.2. The predicted molar refractivity (Wildman–Crippen MR) is 183 cm³/mol. The highest BCUT2D eigenvalue weighted by Crippen LogP contribution is 2.37. The number of fused-ring (bicyclic) bond motifs is 1. The first-order valence-electron chi connectivity index (χ1n) is 15.5. The van der Waals surface area contributed by atoms with Crippen molar-refractivity contribution in [3.8, 4) is 6.07 Å². The highest BCUT2D eigenvalue weighted by molar-refractivity contribution is 6.35. The third kappa shape index (κ3) is 7.01. The predicted octanol–water partition coefficient (Wildman–Crippen LogP) is 8.51. The van der Waals surface area contributed by atoms with Crippen LogP contribution in [0.2, 0.25) is 10.0 Å². The van der Waals surface area contributed by atoms with Gasteiger partial charge < -0.3 is 5.32 Å². The molecule has 1 aliphatic rings. The lowest BCUT2D eigenvalue weighted by Crippen LogP contribution is -2.46. The molecule has 3 heterocycles. The number of anilines is 2. The van der Waals surface area contributed by atoms with Crippen LogP contribution in [0.15, 0.2) is 67.0 Å². The van der Waals surface area contributed by atoms with Gasteiger partial charge in [0, 0.05) is 53.6 Å². The molecule has 0 unspecified atom stereocenters. The molecule has 2 aromatic heterocycles. The summed E-state index contributed by atoms with van der Waals surface area (Å²) >= 11 is 12.9. The first-order chi connectivity index (χ1) is 22.5. The standard InChI is InChI=1S/C36H34Cl2FN7O/c1-36(2,3)45-11-9-27(10-12-45)46-20-33(43-44-46)28(24-6-4-5-22(13-24)21-47)14-23-15-29-34(42-26-7-8-32(39)30(37)17-26)25(18-40)19-41-35(29)31(38)16-23/h4-8,13,15-17,19-21,27-28H,9-12,14H2,1-3H3,(H,41,42)/t28-/m0/s1. The zero-order valence-electron chi connectivity index (χ0n) is 26.3. The van der Waals surface area contributed by atoms with E-state index < -0.39 is 5.82 Å². The number of likely N-dealkylation sites (tertiary alicyclic amines) is 1. The topological polar surface area (TPSA) is 99.7 Å². The minimum absolute atomic E-state index is 0.0428. The normalized spacial score (nSPS) is 15.0. The van der Waals surface area contributed by atoms with Crippen molar-refractivity contribution in [1.29, 1.82) is 5.26 Å². The number of hydrogen-bond acceptors (Lipinski definition) is 7. The molecule has 1 fully saturated rings. The van der Waals surface area contributed by atoms with E-state index in [1.807, 2.05) is 41.2 Å². The number of nitriles is 1. The zero-order valence-corrected chi connectivity index (χ0v) is 27.9. The van der Waals surface area contributed by atoms with E-state index in [1.54, 1.807) is 12.1 Å². The molecule has 240 valence electrons. The number of carbonyl (C=O) groups is 1. The second kappa shape index (κ2) is 13.4. The Labute approximate surface area is 283 Å². The maximum absolute atomic E-state index is 13.9. The van der Waals surface area contributed by atoms with Gasteiger partial charge in [0.05, 0.1) is 38.5 Å². The molecular weight excluding hydrogens is 636 g/mol. The average Bonchev–Trinajstić information content (AvgIpc) is 3.55.